The first-order valence-corrected chi connectivity index (χ1v) is 3.71. The summed E-state index contributed by atoms with van der Waals surface area (Å²) in [4.78, 5) is 3.58. The van der Waals surface area contributed by atoms with Gasteiger partial charge in [-0.05, 0) is 6.07 Å². The Morgan fingerprint density at radius 1 is 1.64 bits per heavy atom. The largest absolute Gasteiger partial charge is 0.505 e. The molecule has 0 aromatic carbocycles. The monoisotopic (exact) mass is 199 g/mol. The van der Waals surface area contributed by atoms with Crippen LogP contribution in [0.1, 0.15) is 23.4 Å². The lowest BCUT2D eigenvalue weighted by molar-refractivity contribution is 0.147. The van der Waals surface area contributed by atoms with Crippen molar-refractivity contribution in [3.8, 4) is 11.8 Å². The van der Waals surface area contributed by atoms with E-state index in [0.717, 1.165) is 6.07 Å². The van der Waals surface area contributed by atoms with Gasteiger partial charge in [0, 0.05) is 6.54 Å². The Kier molecular flexibility index (Phi) is 2.94. The fourth-order valence-corrected chi connectivity index (χ4v) is 0.979. The summed E-state index contributed by atoms with van der Waals surface area (Å²) in [5.41, 5.74) is 4.27. The van der Waals surface area contributed by atoms with Gasteiger partial charge in [0.25, 0.3) is 6.43 Å². The van der Waals surface area contributed by atoms with Crippen molar-refractivity contribution in [2.75, 3.05) is 0 Å². The van der Waals surface area contributed by atoms with Gasteiger partial charge in [-0.3, -0.25) is 0 Å². The van der Waals surface area contributed by atoms with Crippen molar-refractivity contribution in [1.82, 2.24) is 4.98 Å². The summed E-state index contributed by atoms with van der Waals surface area (Å²) in [5, 5.41) is 17.7. The van der Waals surface area contributed by atoms with Crippen LogP contribution in [0, 0.1) is 11.3 Å². The Morgan fingerprint density at radius 3 is 2.71 bits per heavy atom. The molecule has 0 saturated heterocycles. The lowest BCUT2D eigenvalue weighted by atomic mass is 10.1. The number of aromatic hydroxyl groups is 1. The zero-order valence-electron chi connectivity index (χ0n) is 7.04. The number of aromatic nitrogens is 1. The average molecular weight is 199 g/mol. The smallest absolute Gasteiger partial charge is 0.267 e. The molecule has 0 atom stereocenters. The zero-order valence-corrected chi connectivity index (χ0v) is 7.04. The number of nitriles is 1. The quantitative estimate of drug-likeness (QED) is 0.745. The molecule has 6 heteroatoms. The number of nitrogens with zero attached hydrogens (tertiary/aromatic N) is 2. The topological polar surface area (TPSA) is 82.9 Å². The van der Waals surface area contributed by atoms with Crippen LogP contribution in [-0.2, 0) is 6.54 Å². The maximum absolute atomic E-state index is 12.3. The second-order valence-electron chi connectivity index (χ2n) is 2.51. The molecule has 0 spiro atoms. The van der Waals surface area contributed by atoms with E-state index < -0.39 is 17.7 Å². The standard InChI is InChI=1S/C8H7F2N3O/c9-8(10)5-1-4(2-11)13-6(3-12)7(5)14/h1,8,14H,3,12H2. The first kappa shape index (κ1) is 10.3. The minimum Gasteiger partial charge on any atom is -0.505 e. The summed E-state index contributed by atoms with van der Waals surface area (Å²) in [7, 11) is 0. The first-order chi connectivity index (χ1) is 6.60. The van der Waals surface area contributed by atoms with Crippen LogP contribution in [0.15, 0.2) is 6.07 Å². The Hall–Kier alpha value is -1.74. The third kappa shape index (κ3) is 1.78. The SMILES string of the molecule is N#Cc1cc(C(F)F)c(O)c(CN)n1. The molecular formula is C8H7F2N3O. The number of pyridine rings is 1. The van der Waals surface area contributed by atoms with Gasteiger partial charge in [0.05, 0.1) is 11.3 Å². The number of rotatable bonds is 2. The molecule has 1 heterocycles. The molecule has 1 aromatic rings. The van der Waals surface area contributed by atoms with Crippen molar-refractivity contribution in [2.24, 2.45) is 5.73 Å². The molecule has 14 heavy (non-hydrogen) atoms. The Balaban J connectivity index is 3.36. The molecule has 0 aliphatic carbocycles. The van der Waals surface area contributed by atoms with Gasteiger partial charge in [0.1, 0.15) is 17.5 Å². The van der Waals surface area contributed by atoms with Gasteiger partial charge >= 0.3 is 0 Å². The summed E-state index contributed by atoms with van der Waals surface area (Å²) in [6, 6.07) is 2.46. The van der Waals surface area contributed by atoms with Crippen LogP contribution < -0.4 is 5.73 Å². The lowest BCUT2D eigenvalue weighted by Crippen LogP contribution is -2.04. The average Bonchev–Trinajstić information content (AvgIpc) is 2.17. The normalized spacial score (nSPS) is 10.2. The van der Waals surface area contributed by atoms with E-state index in [9.17, 15) is 13.9 Å². The first-order valence-electron chi connectivity index (χ1n) is 3.71. The van der Waals surface area contributed by atoms with E-state index in [4.69, 9.17) is 11.0 Å². The number of halogens is 2. The Labute approximate surface area is 78.6 Å². The van der Waals surface area contributed by atoms with Crippen LogP contribution >= 0.6 is 0 Å². The molecule has 1 rings (SSSR count). The minimum atomic E-state index is -2.85. The molecular weight excluding hydrogens is 192 g/mol. The number of hydrogen-bond donors (Lipinski definition) is 2. The summed E-state index contributed by atoms with van der Waals surface area (Å²) < 4.78 is 24.6. The molecule has 0 saturated carbocycles. The molecule has 0 aliphatic heterocycles. The summed E-state index contributed by atoms with van der Waals surface area (Å²) in [5.74, 6) is -0.637. The van der Waals surface area contributed by atoms with E-state index in [-0.39, 0.29) is 17.9 Å². The molecule has 0 amide bonds. The van der Waals surface area contributed by atoms with E-state index in [0.29, 0.717) is 0 Å². The second-order valence-corrected chi connectivity index (χ2v) is 2.51. The van der Waals surface area contributed by atoms with Crippen LogP contribution in [0.25, 0.3) is 0 Å². The Bertz CT molecular complexity index is 387. The van der Waals surface area contributed by atoms with Gasteiger partial charge < -0.3 is 10.8 Å². The van der Waals surface area contributed by atoms with E-state index in [1.54, 1.807) is 6.07 Å². The van der Waals surface area contributed by atoms with Gasteiger partial charge in [-0.2, -0.15) is 5.26 Å². The maximum Gasteiger partial charge on any atom is 0.267 e. The third-order valence-electron chi connectivity index (χ3n) is 1.64. The minimum absolute atomic E-state index is 0.0978. The van der Waals surface area contributed by atoms with Crippen LogP contribution in [0.5, 0.6) is 5.75 Å². The number of nitrogens with two attached hydrogens (primary N) is 1. The van der Waals surface area contributed by atoms with Gasteiger partial charge in [0.2, 0.25) is 0 Å². The second kappa shape index (κ2) is 3.98. The van der Waals surface area contributed by atoms with E-state index >= 15 is 0 Å². The van der Waals surface area contributed by atoms with E-state index in [1.165, 1.54) is 0 Å². The summed E-state index contributed by atoms with van der Waals surface area (Å²) in [6.45, 7) is -0.193. The molecule has 0 radical (unpaired) electrons. The predicted octanol–water partition coefficient (Wildman–Crippen LogP) is 1.06. The highest BCUT2D eigenvalue weighted by molar-refractivity contribution is 5.41. The van der Waals surface area contributed by atoms with E-state index in [1.807, 2.05) is 0 Å². The number of hydrogen-bond acceptors (Lipinski definition) is 4. The van der Waals surface area contributed by atoms with Gasteiger partial charge in [-0.25, -0.2) is 13.8 Å². The summed E-state index contributed by atoms with van der Waals surface area (Å²) in [6.07, 6.45) is -2.85. The van der Waals surface area contributed by atoms with Crippen LogP contribution in [0.4, 0.5) is 8.78 Å². The maximum atomic E-state index is 12.3. The third-order valence-corrected chi connectivity index (χ3v) is 1.64. The van der Waals surface area contributed by atoms with Gasteiger partial charge in [0.15, 0.2) is 0 Å². The molecule has 0 bridgehead atoms. The molecule has 0 aliphatic rings. The van der Waals surface area contributed by atoms with Crippen molar-refractivity contribution in [3.05, 3.63) is 23.0 Å². The predicted molar refractivity (Wildman–Crippen MR) is 43.5 cm³/mol. The molecule has 3 N–H and O–H groups in total. The van der Waals surface area contributed by atoms with Crippen LogP contribution in [0.2, 0.25) is 0 Å². The van der Waals surface area contributed by atoms with Crippen molar-refractivity contribution in [3.63, 3.8) is 0 Å². The lowest BCUT2D eigenvalue weighted by Gasteiger charge is -2.07. The molecule has 74 valence electrons. The fraction of sp³-hybridized carbons (Fsp3) is 0.250. The highest BCUT2D eigenvalue weighted by atomic mass is 19.3. The van der Waals surface area contributed by atoms with E-state index in [2.05, 4.69) is 4.98 Å². The van der Waals surface area contributed by atoms with Crippen molar-refractivity contribution in [2.45, 2.75) is 13.0 Å². The van der Waals surface area contributed by atoms with Crippen molar-refractivity contribution in [1.29, 1.82) is 5.26 Å². The van der Waals surface area contributed by atoms with Crippen LogP contribution in [-0.4, -0.2) is 10.1 Å². The molecule has 0 fully saturated rings. The van der Waals surface area contributed by atoms with Crippen molar-refractivity contribution < 1.29 is 13.9 Å². The highest BCUT2D eigenvalue weighted by Crippen LogP contribution is 2.30. The Morgan fingerprint density at radius 2 is 2.29 bits per heavy atom. The zero-order chi connectivity index (χ0) is 10.7. The highest BCUT2D eigenvalue weighted by Gasteiger charge is 2.17. The fourth-order valence-electron chi connectivity index (χ4n) is 0.979. The van der Waals surface area contributed by atoms with Gasteiger partial charge in [-0.15, -0.1) is 0 Å². The van der Waals surface area contributed by atoms with Crippen LogP contribution in [0.3, 0.4) is 0 Å². The van der Waals surface area contributed by atoms with Crippen molar-refractivity contribution >= 4 is 0 Å². The number of alkyl halides is 2. The molecule has 1 aromatic heterocycles. The molecule has 4 nitrogen and oxygen atoms in total. The molecule has 0 unspecified atom stereocenters. The summed E-state index contributed by atoms with van der Waals surface area (Å²) >= 11 is 0. The van der Waals surface area contributed by atoms with Gasteiger partial charge in [-0.1, -0.05) is 0 Å².